The molecule has 0 amide bonds. The molecule has 4 nitrogen and oxygen atoms in total. The van der Waals surface area contributed by atoms with Crippen LogP contribution in [0.1, 0.15) is 35.5 Å². The van der Waals surface area contributed by atoms with Crippen molar-refractivity contribution in [2.75, 3.05) is 26.2 Å². The van der Waals surface area contributed by atoms with E-state index in [4.69, 9.17) is 4.98 Å². The van der Waals surface area contributed by atoms with Crippen LogP contribution in [-0.2, 0) is 6.42 Å². The lowest BCUT2D eigenvalue weighted by Crippen LogP contribution is -2.45. The van der Waals surface area contributed by atoms with Gasteiger partial charge >= 0.3 is 0 Å². The van der Waals surface area contributed by atoms with Crippen molar-refractivity contribution in [3.8, 4) is 0 Å². The number of rotatable bonds is 4. The molecule has 0 aliphatic carbocycles. The first kappa shape index (κ1) is 15.1. The molecule has 1 unspecified atom stereocenters. The molecule has 0 radical (unpaired) electrons. The number of aromatic nitrogens is 2. The molecule has 3 rings (SSSR count). The van der Waals surface area contributed by atoms with Crippen LogP contribution in [-0.4, -0.2) is 41.0 Å². The molecular weight excluding hydrogens is 272 g/mol. The van der Waals surface area contributed by atoms with Crippen LogP contribution in [0.5, 0.6) is 0 Å². The Morgan fingerprint density at radius 1 is 1.05 bits per heavy atom. The third-order valence-electron chi connectivity index (χ3n) is 4.27. The van der Waals surface area contributed by atoms with E-state index in [1.807, 2.05) is 12.4 Å². The van der Waals surface area contributed by atoms with E-state index in [0.717, 1.165) is 44.0 Å². The smallest absolute Gasteiger partial charge is 0.0950 e. The molecule has 1 aliphatic heterocycles. The fraction of sp³-hybridized carbons (Fsp3) is 0.444. The molecule has 3 heterocycles. The van der Waals surface area contributed by atoms with E-state index in [1.165, 1.54) is 11.1 Å². The van der Waals surface area contributed by atoms with E-state index in [2.05, 4.69) is 53.3 Å². The van der Waals surface area contributed by atoms with Gasteiger partial charge in [-0.15, -0.1) is 0 Å². The van der Waals surface area contributed by atoms with E-state index in [-0.39, 0.29) is 6.04 Å². The second-order valence-electron chi connectivity index (χ2n) is 5.89. The molecular formula is C18H24N4. The van der Waals surface area contributed by atoms with Gasteiger partial charge in [-0.3, -0.25) is 14.9 Å². The molecule has 116 valence electrons. The van der Waals surface area contributed by atoms with Crippen molar-refractivity contribution in [1.29, 1.82) is 0 Å². The van der Waals surface area contributed by atoms with Crippen molar-refractivity contribution in [2.24, 2.45) is 0 Å². The first-order valence-electron chi connectivity index (χ1n) is 8.10. The number of pyridine rings is 2. The lowest BCUT2D eigenvalue weighted by Gasteiger charge is -2.34. The molecule has 0 bridgehead atoms. The molecule has 1 atom stereocenters. The standard InChI is InChI=1S/C18H24N4/c1-3-15-5-7-17(21-13-15)18(22-10-8-19-9-11-22)16-6-4-14(2)12-20-16/h4-7,12-13,18-19H,3,8-11H2,1-2H3. The van der Waals surface area contributed by atoms with Crippen molar-refractivity contribution >= 4 is 0 Å². The van der Waals surface area contributed by atoms with Crippen molar-refractivity contribution in [2.45, 2.75) is 26.3 Å². The van der Waals surface area contributed by atoms with Gasteiger partial charge in [0, 0.05) is 38.6 Å². The first-order chi connectivity index (χ1) is 10.8. The van der Waals surface area contributed by atoms with Gasteiger partial charge in [-0.2, -0.15) is 0 Å². The molecule has 0 aromatic carbocycles. The molecule has 0 saturated carbocycles. The molecule has 1 saturated heterocycles. The quantitative estimate of drug-likeness (QED) is 0.940. The van der Waals surface area contributed by atoms with Gasteiger partial charge in [0.15, 0.2) is 0 Å². The summed E-state index contributed by atoms with van der Waals surface area (Å²) in [7, 11) is 0. The second kappa shape index (κ2) is 6.99. The van der Waals surface area contributed by atoms with E-state index in [9.17, 15) is 0 Å². The maximum atomic E-state index is 4.72. The minimum absolute atomic E-state index is 0.147. The highest BCUT2D eigenvalue weighted by Gasteiger charge is 2.25. The number of nitrogens with zero attached hydrogens (tertiary/aromatic N) is 3. The Balaban J connectivity index is 1.95. The average molecular weight is 296 g/mol. The van der Waals surface area contributed by atoms with Gasteiger partial charge in [-0.05, 0) is 36.6 Å². The number of hydrogen-bond acceptors (Lipinski definition) is 4. The predicted molar refractivity (Wildman–Crippen MR) is 88.9 cm³/mol. The van der Waals surface area contributed by atoms with E-state index in [0.29, 0.717) is 0 Å². The first-order valence-corrected chi connectivity index (χ1v) is 8.10. The number of aryl methyl sites for hydroxylation is 2. The molecule has 4 heteroatoms. The number of piperazine rings is 1. The van der Waals surface area contributed by atoms with Crippen molar-refractivity contribution in [3.05, 3.63) is 59.2 Å². The summed E-state index contributed by atoms with van der Waals surface area (Å²) in [6, 6.07) is 8.77. The monoisotopic (exact) mass is 296 g/mol. The van der Waals surface area contributed by atoms with Crippen molar-refractivity contribution in [3.63, 3.8) is 0 Å². The summed E-state index contributed by atoms with van der Waals surface area (Å²) in [4.78, 5) is 11.9. The van der Waals surface area contributed by atoms with Crippen LogP contribution >= 0.6 is 0 Å². The van der Waals surface area contributed by atoms with Crippen LogP contribution in [0, 0.1) is 6.92 Å². The summed E-state index contributed by atoms with van der Waals surface area (Å²) in [5.74, 6) is 0. The van der Waals surface area contributed by atoms with Crippen LogP contribution in [0.25, 0.3) is 0 Å². The van der Waals surface area contributed by atoms with Gasteiger partial charge in [-0.1, -0.05) is 19.1 Å². The molecule has 1 fully saturated rings. The summed E-state index contributed by atoms with van der Waals surface area (Å²) in [5.41, 5.74) is 4.65. The zero-order chi connectivity index (χ0) is 15.4. The zero-order valence-electron chi connectivity index (χ0n) is 13.4. The van der Waals surface area contributed by atoms with Crippen LogP contribution in [0.3, 0.4) is 0 Å². The minimum Gasteiger partial charge on any atom is -0.314 e. The van der Waals surface area contributed by atoms with Gasteiger partial charge in [0.2, 0.25) is 0 Å². The van der Waals surface area contributed by atoms with Gasteiger partial charge in [0.25, 0.3) is 0 Å². The Morgan fingerprint density at radius 2 is 1.73 bits per heavy atom. The van der Waals surface area contributed by atoms with Gasteiger partial charge in [0.1, 0.15) is 0 Å². The Kier molecular flexibility index (Phi) is 4.80. The molecule has 2 aromatic heterocycles. The summed E-state index contributed by atoms with van der Waals surface area (Å²) < 4.78 is 0. The molecule has 1 aliphatic rings. The number of hydrogen-bond donors (Lipinski definition) is 1. The van der Waals surface area contributed by atoms with Crippen molar-refractivity contribution in [1.82, 2.24) is 20.2 Å². The topological polar surface area (TPSA) is 41.1 Å². The maximum absolute atomic E-state index is 4.72. The molecule has 1 N–H and O–H groups in total. The number of nitrogens with one attached hydrogen (secondary N) is 1. The SMILES string of the molecule is CCc1ccc(C(c2ccc(C)cn2)N2CCNCC2)nc1. The Hall–Kier alpha value is -1.78. The van der Waals surface area contributed by atoms with Gasteiger partial charge in [0.05, 0.1) is 17.4 Å². The maximum Gasteiger partial charge on any atom is 0.0950 e. The van der Waals surface area contributed by atoms with Crippen LogP contribution in [0.2, 0.25) is 0 Å². The fourth-order valence-corrected chi connectivity index (χ4v) is 2.91. The summed E-state index contributed by atoms with van der Waals surface area (Å²) >= 11 is 0. The third kappa shape index (κ3) is 3.34. The minimum atomic E-state index is 0.147. The normalized spacial score (nSPS) is 17.4. The van der Waals surface area contributed by atoms with E-state index >= 15 is 0 Å². The van der Waals surface area contributed by atoms with E-state index < -0.39 is 0 Å². The summed E-state index contributed by atoms with van der Waals surface area (Å²) in [5, 5.41) is 3.42. The molecule has 22 heavy (non-hydrogen) atoms. The molecule has 2 aromatic rings. The Labute approximate surface area is 132 Å². The second-order valence-corrected chi connectivity index (χ2v) is 5.89. The summed E-state index contributed by atoms with van der Waals surface area (Å²) in [6.45, 7) is 8.33. The van der Waals surface area contributed by atoms with Crippen LogP contribution < -0.4 is 5.32 Å². The Morgan fingerprint density at radius 3 is 2.27 bits per heavy atom. The third-order valence-corrected chi connectivity index (χ3v) is 4.27. The average Bonchev–Trinajstić information content (AvgIpc) is 2.58. The molecule has 0 spiro atoms. The van der Waals surface area contributed by atoms with Crippen molar-refractivity contribution < 1.29 is 0 Å². The van der Waals surface area contributed by atoms with Gasteiger partial charge < -0.3 is 5.32 Å². The summed E-state index contributed by atoms with van der Waals surface area (Å²) in [6.07, 6.45) is 4.97. The lowest BCUT2D eigenvalue weighted by atomic mass is 10.0. The largest absolute Gasteiger partial charge is 0.314 e. The Bertz CT molecular complexity index is 585. The highest BCUT2D eigenvalue weighted by molar-refractivity contribution is 5.26. The van der Waals surface area contributed by atoms with Crippen LogP contribution in [0.15, 0.2) is 36.7 Å². The highest BCUT2D eigenvalue weighted by Crippen LogP contribution is 2.26. The van der Waals surface area contributed by atoms with Crippen LogP contribution in [0.4, 0.5) is 0 Å². The highest BCUT2D eigenvalue weighted by atomic mass is 15.2. The fourth-order valence-electron chi connectivity index (χ4n) is 2.91. The predicted octanol–water partition coefficient (Wildman–Crippen LogP) is 2.34. The van der Waals surface area contributed by atoms with E-state index in [1.54, 1.807) is 0 Å². The van der Waals surface area contributed by atoms with Gasteiger partial charge in [-0.25, -0.2) is 0 Å². The zero-order valence-corrected chi connectivity index (χ0v) is 13.4. The lowest BCUT2D eigenvalue weighted by molar-refractivity contribution is 0.192.